The van der Waals surface area contributed by atoms with E-state index < -0.39 is 0 Å². The van der Waals surface area contributed by atoms with E-state index in [1.54, 1.807) is 7.11 Å². The Hall–Kier alpha value is -2.05. The molecule has 1 fully saturated rings. The Morgan fingerprint density at radius 1 is 1.32 bits per heavy atom. The summed E-state index contributed by atoms with van der Waals surface area (Å²) in [4.78, 5) is 28.9. The average molecular weight is 316 g/mol. The molecule has 1 aliphatic rings. The van der Waals surface area contributed by atoms with Crippen molar-refractivity contribution in [3.8, 4) is 11.3 Å². The highest BCUT2D eigenvalue weighted by atomic mass is 32.1. The Morgan fingerprint density at radius 2 is 2.05 bits per heavy atom. The number of nitrogens with zero attached hydrogens (tertiary/aromatic N) is 1. The van der Waals surface area contributed by atoms with Crippen LogP contribution in [0.4, 0.5) is 5.13 Å². The van der Waals surface area contributed by atoms with Gasteiger partial charge >= 0.3 is 0 Å². The van der Waals surface area contributed by atoms with Crippen molar-refractivity contribution in [1.82, 2.24) is 4.98 Å². The highest BCUT2D eigenvalue weighted by Crippen LogP contribution is 2.36. The van der Waals surface area contributed by atoms with E-state index in [1.807, 2.05) is 30.3 Å². The molecule has 2 atom stereocenters. The Bertz CT molecular complexity index is 711. The van der Waals surface area contributed by atoms with E-state index in [-0.39, 0.29) is 23.7 Å². The van der Waals surface area contributed by atoms with Gasteiger partial charge in [0, 0.05) is 19.6 Å². The number of Topliss-reactive ketones (excluding diaryl/α,β-unsaturated/α-hetero) is 1. The third kappa shape index (κ3) is 2.93. The van der Waals surface area contributed by atoms with Crippen molar-refractivity contribution in [2.45, 2.75) is 19.4 Å². The summed E-state index contributed by atoms with van der Waals surface area (Å²) in [5.41, 5.74) is 1.48. The molecule has 1 saturated carbocycles. The lowest BCUT2D eigenvalue weighted by Gasteiger charge is -2.00. The standard InChI is InChI=1S/C16H16N2O3S/c1-9(19)14-13(10-6-4-3-5-7-10)17-16(22-14)18-15(20)11-8-12(11)21-2/h3-7,11-12H,8H2,1-2H3,(H,17,18,20)/t11-,12-/m1/s1. The number of ketones is 1. The van der Waals surface area contributed by atoms with E-state index in [4.69, 9.17) is 4.74 Å². The lowest BCUT2D eigenvalue weighted by molar-refractivity contribution is -0.118. The minimum absolute atomic E-state index is 0.000772. The second kappa shape index (κ2) is 5.98. The Balaban J connectivity index is 1.85. The minimum atomic E-state index is -0.116. The molecule has 1 aliphatic carbocycles. The quantitative estimate of drug-likeness (QED) is 0.861. The molecule has 1 heterocycles. The maximum atomic E-state index is 12.1. The summed E-state index contributed by atoms with van der Waals surface area (Å²) in [6, 6.07) is 9.49. The maximum absolute atomic E-state index is 12.1. The number of ether oxygens (including phenoxy) is 1. The molecule has 1 N–H and O–H groups in total. The number of carbonyl (C=O) groups is 2. The van der Waals surface area contributed by atoms with Gasteiger partial charge in [-0.05, 0) is 6.42 Å². The van der Waals surface area contributed by atoms with Crippen LogP contribution in [0.2, 0.25) is 0 Å². The molecule has 0 saturated heterocycles. The first kappa shape index (κ1) is 14.9. The number of anilines is 1. The first-order chi connectivity index (χ1) is 10.6. The predicted octanol–water partition coefficient (Wildman–Crippen LogP) is 2.99. The fraction of sp³-hybridized carbons (Fsp3) is 0.312. The van der Waals surface area contributed by atoms with Crippen LogP contribution in [-0.2, 0) is 9.53 Å². The van der Waals surface area contributed by atoms with Crippen molar-refractivity contribution >= 4 is 28.2 Å². The zero-order valence-electron chi connectivity index (χ0n) is 12.3. The monoisotopic (exact) mass is 316 g/mol. The van der Waals surface area contributed by atoms with Crippen LogP contribution in [0.25, 0.3) is 11.3 Å². The smallest absolute Gasteiger partial charge is 0.231 e. The number of benzene rings is 1. The second-order valence-electron chi connectivity index (χ2n) is 5.22. The molecule has 6 heteroatoms. The van der Waals surface area contributed by atoms with Crippen LogP contribution in [0.1, 0.15) is 23.0 Å². The molecule has 0 spiro atoms. The first-order valence-electron chi connectivity index (χ1n) is 7.01. The van der Waals surface area contributed by atoms with Gasteiger partial charge in [-0.2, -0.15) is 0 Å². The first-order valence-corrected chi connectivity index (χ1v) is 7.82. The van der Waals surface area contributed by atoms with Crippen molar-refractivity contribution in [3.63, 3.8) is 0 Å². The summed E-state index contributed by atoms with van der Waals surface area (Å²) in [7, 11) is 1.60. The highest BCUT2D eigenvalue weighted by Gasteiger charge is 2.43. The zero-order valence-corrected chi connectivity index (χ0v) is 13.1. The summed E-state index contributed by atoms with van der Waals surface area (Å²) in [6.07, 6.45) is 0.736. The number of rotatable bonds is 5. The third-order valence-electron chi connectivity index (χ3n) is 3.60. The van der Waals surface area contributed by atoms with Crippen LogP contribution in [-0.4, -0.2) is 29.9 Å². The molecular weight excluding hydrogens is 300 g/mol. The van der Waals surface area contributed by atoms with Crippen molar-refractivity contribution in [3.05, 3.63) is 35.2 Å². The van der Waals surface area contributed by atoms with Gasteiger partial charge < -0.3 is 10.1 Å². The van der Waals surface area contributed by atoms with E-state index >= 15 is 0 Å². The topological polar surface area (TPSA) is 68.3 Å². The Kier molecular flexibility index (Phi) is 4.04. The molecule has 0 bridgehead atoms. The minimum Gasteiger partial charge on any atom is -0.381 e. The van der Waals surface area contributed by atoms with Gasteiger partial charge in [-0.15, -0.1) is 0 Å². The van der Waals surface area contributed by atoms with Gasteiger partial charge in [0.25, 0.3) is 0 Å². The van der Waals surface area contributed by atoms with Gasteiger partial charge in [-0.1, -0.05) is 41.7 Å². The number of hydrogen-bond donors (Lipinski definition) is 1. The van der Waals surface area contributed by atoms with E-state index in [0.717, 1.165) is 12.0 Å². The van der Waals surface area contributed by atoms with Crippen LogP contribution in [0.15, 0.2) is 30.3 Å². The Labute approximate surface area is 132 Å². The molecule has 3 rings (SSSR count). The molecule has 0 radical (unpaired) electrons. The summed E-state index contributed by atoms with van der Waals surface area (Å²) in [5.74, 6) is -0.275. The summed E-state index contributed by atoms with van der Waals surface area (Å²) < 4.78 is 5.14. The molecular formula is C16H16N2O3S. The van der Waals surface area contributed by atoms with Crippen LogP contribution in [0, 0.1) is 5.92 Å². The van der Waals surface area contributed by atoms with Crippen LogP contribution >= 0.6 is 11.3 Å². The number of hydrogen-bond acceptors (Lipinski definition) is 5. The average Bonchev–Trinajstić information content (AvgIpc) is 3.20. The number of carbonyl (C=O) groups excluding carboxylic acids is 2. The van der Waals surface area contributed by atoms with Gasteiger partial charge in [-0.25, -0.2) is 4.98 Å². The van der Waals surface area contributed by atoms with E-state index in [2.05, 4.69) is 10.3 Å². The van der Waals surface area contributed by atoms with E-state index in [0.29, 0.717) is 15.7 Å². The summed E-state index contributed by atoms with van der Waals surface area (Å²) >= 11 is 1.21. The van der Waals surface area contributed by atoms with Gasteiger partial charge in [0.1, 0.15) is 0 Å². The number of nitrogens with one attached hydrogen (secondary N) is 1. The van der Waals surface area contributed by atoms with Gasteiger partial charge in [0.05, 0.1) is 22.6 Å². The lowest BCUT2D eigenvalue weighted by Crippen LogP contribution is -2.16. The highest BCUT2D eigenvalue weighted by molar-refractivity contribution is 7.18. The van der Waals surface area contributed by atoms with Crippen LogP contribution in [0.3, 0.4) is 0 Å². The van der Waals surface area contributed by atoms with Crippen molar-refractivity contribution in [1.29, 1.82) is 0 Å². The predicted molar refractivity (Wildman–Crippen MR) is 85.1 cm³/mol. The van der Waals surface area contributed by atoms with Gasteiger partial charge in [0.2, 0.25) is 5.91 Å². The molecule has 1 amide bonds. The fourth-order valence-electron chi connectivity index (χ4n) is 2.31. The summed E-state index contributed by atoms with van der Waals surface area (Å²) in [5, 5.41) is 3.24. The number of amides is 1. The van der Waals surface area contributed by atoms with Crippen LogP contribution < -0.4 is 5.32 Å². The molecule has 114 valence electrons. The Morgan fingerprint density at radius 3 is 2.64 bits per heavy atom. The molecule has 22 heavy (non-hydrogen) atoms. The molecule has 1 aromatic heterocycles. The molecule has 0 unspecified atom stereocenters. The molecule has 2 aromatic rings. The number of thiazole rings is 1. The number of methoxy groups -OCH3 is 1. The van der Waals surface area contributed by atoms with Crippen LogP contribution in [0.5, 0.6) is 0 Å². The lowest BCUT2D eigenvalue weighted by atomic mass is 10.1. The zero-order chi connectivity index (χ0) is 15.7. The molecule has 5 nitrogen and oxygen atoms in total. The normalized spacial score (nSPS) is 19.7. The molecule has 0 aliphatic heterocycles. The van der Waals surface area contributed by atoms with Gasteiger partial charge in [0.15, 0.2) is 10.9 Å². The van der Waals surface area contributed by atoms with Crippen molar-refractivity contribution in [2.75, 3.05) is 12.4 Å². The summed E-state index contributed by atoms with van der Waals surface area (Å²) in [6.45, 7) is 1.51. The fourth-order valence-corrected chi connectivity index (χ4v) is 3.20. The van der Waals surface area contributed by atoms with E-state index in [1.165, 1.54) is 18.3 Å². The second-order valence-corrected chi connectivity index (χ2v) is 6.22. The number of aromatic nitrogens is 1. The molecule has 1 aromatic carbocycles. The van der Waals surface area contributed by atoms with Crippen molar-refractivity contribution in [2.24, 2.45) is 5.92 Å². The van der Waals surface area contributed by atoms with E-state index in [9.17, 15) is 9.59 Å². The SMILES string of the molecule is CO[C@@H]1C[C@H]1C(=O)Nc1nc(-c2ccccc2)c(C(C)=O)s1. The van der Waals surface area contributed by atoms with Gasteiger partial charge in [-0.3, -0.25) is 9.59 Å². The third-order valence-corrected chi connectivity index (χ3v) is 4.67. The maximum Gasteiger partial charge on any atom is 0.231 e. The largest absolute Gasteiger partial charge is 0.381 e. The van der Waals surface area contributed by atoms with Crippen molar-refractivity contribution < 1.29 is 14.3 Å².